The van der Waals surface area contributed by atoms with E-state index in [2.05, 4.69) is 4.72 Å². The van der Waals surface area contributed by atoms with E-state index in [1.807, 2.05) is 12.1 Å². The Labute approximate surface area is 93.0 Å². The topological polar surface area (TPSA) is 66.4 Å². The second-order valence-corrected chi connectivity index (χ2v) is 5.85. The van der Waals surface area contributed by atoms with Gasteiger partial charge in [0.05, 0.1) is 0 Å². The number of nitrogens with one attached hydrogen (secondary N) is 1. The van der Waals surface area contributed by atoms with Crippen LogP contribution in [-0.4, -0.2) is 13.0 Å². The highest BCUT2D eigenvalue weighted by atomic mass is 32.2. The van der Waals surface area contributed by atoms with Gasteiger partial charge in [0, 0.05) is 10.5 Å². The van der Waals surface area contributed by atoms with Crippen LogP contribution >= 0.6 is 11.9 Å². The van der Waals surface area contributed by atoms with Crippen molar-refractivity contribution >= 4 is 22.1 Å². The lowest BCUT2D eigenvalue weighted by atomic mass is 10.1. The van der Waals surface area contributed by atoms with Gasteiger partial charge in [-0.05, 0) is 24.4 Å². The van der Waals surface area contributed by atoms with Crippen LogP contribution in [-0.2, 0) is 15.0 Å². The molecule has 1 aromatic rings. The van der Waals surface area contributed by atoms with Crippen LogP contribution in [0.25, 0.3) is 0 Å². The molecule has 0 radical (unpaired) electrons. The molecule has 15 heavy (non-hydrogen) atoms. The first kappa shape index (κ1) is 10.9. The van der Waals surface area contributed by atoms with E-state index in [9.17, 15) is 13.0 Å². The fourth-order valence-corrected chi connectivity index (χ4v) is 4.18. The van der Waals surface area contributed by atoms with Gasteiger partial charge in [0.25, 0.3) is 10.1 Å². The quantitative estimate of drug-likeness (QED) is 0.614. The van der Waals surface area contributed by atoms with Crippen LogP contribution in [0.4, 0.5) is 0 Å². The molecular weight excluding hydrogens is 234 g/mol. The summed E-state index contributed by atoms with van der Waals surface area (Å²) in [6, 6.07) is 7.15. The molecule has 82 valence electrons. The summed E-state index contributed by atoms with van der Waals surface area (Å²) in [6.07, 6.45) is 0.288. The molecular formula is C9H11NO3S2. The van der Waals surface area contributed by atoms with Crippen LogP contribution in [0.15, 0.2) is 29.2 Å². The summed E-state index contributed by atoms with van der Waals surface area (Å²) in [7, 11) is -4.16. The predicted octanol–water partition coefficient (Wildman–Crippen LogP) is 1.75. The van der Waals surface area contributed by atoms with E-state index < -0.39 is 15.0 Å². The van der Waals surface area contributed by atoms with Crippen LogP contribution < -0.4 is 4.72 Å². The Kier molecular flexibility index (Phi) is 2.54. The number of hydrogen-bond acceptors (Lipinski definition) is 4. The first-order valence-electron chi connectivity index (χ1n) is 4.52. The Morgan fingerprint density at radius 1 is 1.47 bits per heavy atom. The van der Waals surface area contributed by atoms with E-state index in [0.717, 1.165) is 4.90 Å². The van der Waals surface area contributed by atoms with Gasteiger partial charge in [-0.2, -0.15) is 8.42 Å². The summed E-state index contributed by atoms with van der Waals surface area (Å²) in [5.41, 5.74) is 0.625. The lowest BCUT2D eigenvalue weighted by Gasteiger charge is -2.24. The number of rotatable bonds is 2. The molecule has 0 saturated heterocycles. The second kappa shape index (κ2) is 3.48. The Morgan fingerprint density at radius 2 is 2.13 bits per heavy atom. The van der Waals surface area contributed by atoms with Crippen LogP contribution in [0.1, 0.15) is 18.9 Å². The third-order valence-electron chi connectivity index (χ3n) is 2.59. The van der Waals surface area contributed by atoms with E-state index >= 15 is 0 Å². The van der Waals surface area contributed by atoms with Gasteiger partial charge in [-0.3, -0.25) is 4.55 Å². The van der Waals surface area contributed by atoms with Crippen LogP contribution in [0, 0.1) is 0 Å². The fraction of sp³-hybridized carbons (Fsp3) is 0.333. The second-order valence-electron chi connectivity index (χ2n) is 3.36. The van der Waals surface area contributed by atoms with Gasteiger partial charge in [-0.15, -0.1) is 0 Å². The van der Waals surface area contributed by atoms with E-state index in [-0.39, 0.29) is 6.42 Å². The van der Waals surface area contributed by atoms with Crippen molar-refractivity contribution in [1.29, 1.82) is 0 Å². The molecule has 1 unspecified atom stereocenters. The first-order chi connectivity index (χ1) is 7.01. The van der Waals surface area contributed by atoms with Gasteiger partial charge in [0.1, 0.15) is 0 Å². The van der Waals surface area contributed by atoms with Crippen molar-refractivity contribution in [3.63, 3.8) is 0 Å². The fourth-order valence-electron chi connectivity index (χ4n) is 1.72. The van der Waals surface area contributed by atoms with E-state index in [1.54, 1.807) is 19.1 Å². The zero-order chi connectivity index (χ0) is 11.1. The van der Waals surface area contributed by atoms with Crippen molar-refractivity contribution in [1.82, 2.24) is 4.72 Å². The maximum absolute atomic E-state index is 11.4. The molecule has 1 aliphatic rings. The van der Waals surface area contributed by atoms with Gasteiger partial charge in [-0.25, -0.2) is 4.72 Å². The van der Waals surface area contributed by atoms with Crippen molar-refractivity contribution in [3.8, 4) is 0 Å². The zero-order valence-corrected chi connectivity index (χ0v) is 9.73. The SMILES string of the molecule is CCC1(S(=O)(=O)O)NSc2ccccc21. The molecule has 1 aromatic carbocycles. The number of benzene rings is 1. The van der Waals surface area contributed by atoms with Gasteiger partial charge in [0.15, 0.2) is 4.87 Å². The molecule has 0 bridgehead atoms. The van der Waals surface area contributed by atoms with Crippen molar-refractivity contribution in [2.75, 3.05) is 0 Å². The van der Waals surface area contributed by atoms with Gasteiger partial charge < -0.3 is 0 Å². The van der Waals surface area contributed by atoms with Gasteiger partial charge >= 0.3 is 0 Å². The summed E-state index contributed by atoms with van der Waals surface area (Å²) in [6.45, 7) is 1.73. The molecule has 0 spiro atoms. The van der Waals surface area contributed by atoms with Crippen molar-refractivity contribution in [3.05, 3.63) is 29.8 Å². The van der Waals surface area contributed by atoms with E-state index in [0.29, 0.717) is 5.56 Å². The smallest absolute Gasteiger partial charge is 0.284 e. The lowest BCUT2D eigenvalue weighted by Crippen LogP contribution is -2.42. The number of hydrogen-bond donors (Lipinski definition) is 2. The summed E-state index contributed by atoms with van der Waals surface area (Å²) in [5.74, 6) is 0. The highest BCUT2D eigenvalue weighted by molar-refractivity contribution is 7.99. The minimum atomic E-state index is -4.16. The van der Waals surface area contributed by atoms with Crippen LogP contribution in [0.5, 0.6) is 0 Å². The first-order valence-corrected chi connectivity index (χ1v) is 6.77. The monoisotopic (exact) mass is 245 g/mol. The molecule has 1 aliphatic heterocycles. The average Bonchev–Trinajstić information content (AvgIpc) is 2.56. The Balaban J connectivity index is 2.66. The van der Waals surface area contributed by atoms with Crippen molar-refractivity contribution < 1.29 is 13.0 Å². The summed E-state index contributed by atoms with van der Waals surface area (Å²) < 4.78 is 35.0. The molecule has 0 amide bonds. The van der Waals surface area contributed by atoms with Crippen LogP contribution in [0.2, 0.25) is 0 Å². The minimum absolute atomic E-state index is 0.288. The van der Waals surface area contributed by atoms with Crippen LogP contribution in [0.3, 0.4) is 0 Å². The normalized spacial score (nSPS) is 25.2. The van der Waals surface area contributed by atoms with Gasteiger partial charge in [-0.1, -0.05) is 25.1 Å². The Bertz CT molecular complexity index is 486. The molecule has 1 atom stereocenters. The molecule has 2 rings (SSSR count). The third-order valence-corrected chi connectivity index (χ3v) is 5.23. The predicted molar refractivity (Wildman–Crippen MR) is 59.0 cm³/mol. The molecule has 6 heteroatoms. The van der Waals surface area contributed by atoms with Gasteiger partial charge in [0.2, 0.25) is 0 Å². The molecule has 2 N–H and O–H groups in total. The summed E-state index contributed by atoms with van der Waals surface area (Å²) in [5, 5.41) is 0. The largest absolute Gasteiger partial charge is 0.289 e. The van der Waals surface area contributed by atoms with Crippen molar-refractivity contribution in [2.45, 2.75) is 23.1 Å². The number of fused-ring (bicyclic) bond motifs is 1. The Hall–Kier alpha value is -0.560. The Morgan fingerprint density at radius 3 is 2.73 bits per heavy atom. The standard InChI is InChI=1S/C9H11NO3S2/c1-2-9(15(11,12)13)7-5-3-4-6-8(7)14-10-9/h3-6,10H,2H2,1H3,(H,11,12,13). The average molecular weight is 245 g/mol. The minimum Gasteiger partial charge on any atom is -0.284 e. The van der Waals surface area contributed by atoms with E-state index in [4.69, 9.17) is 0 Å². The van der Waals surface area contributed by atoms with Crippen molar-refractivity contribution in [2.24, 2.45) is 0 Å². The molecule has 0 aliphatic carbocycles. The molecule has 0 aromatic heterocycles. The summed E-state index contributed by atoms with van der Waals surface area (Å²) >= 11 is 1.24. The molecule has 1 heterocycles. The maximum Gasteiger partial charge on any atom is 0.289 e. The molecule has 0 saturated carbocycles. The highest BCUT2D eigenvalue weighted by Gasteiger charge is 2.48. The molecule has 4 nitrogen and oxygen atoms in total. The summed E-state index contributed by atoms with van der Waals surface area (Å²) in [4.78, 5) is -0.508. The highest BCUT2D eigenvalue weighted by Crippen LogP contribution is 2.44. The zero-order valence-electron chi connectivity index (χ0n) is 8.10. The molecule has 0 fully saturated rings. The van der Waals surface area contributed by atoms with E-state index in [1.165, 1.54) is 11.9 Å². The maximum atomic E-state index is 11.4. The third kappa shape index (κ3) is 1.48. The lowest BCUT2D eigenvalue weighted by molar-refractivity contribution is 0.412.